The van der Waals surface area contributed by atoms with Crippen LogP contribution in [0.4, 0.5) is 0 Å². The van der Waals surface area contributed by atoms with Gasteiger partial charge in [0.15, 0.2) is 11.9 Å². The summed E-state index contributed by atoms with van der Waals surface area (Å²) < 4.78 is 5.81. The van der Waals surface area contributed by atoms with Gasteiger partial charge in [-0.15, -0.1) is 10.2 Å². The zero-order valence-corrected chi connectivity index (χ0v) is 19.8. The summed E-state index contributed by atoms with van der Waals surface area (Å²) in [4.78, 5) is 24.8. The van der Waals surface area contributed by atoms with E-state index >= 15 is 0 Å². The average Bonchev–Trinajstić information content (AvgIpc) is 3.30. The van der Waals surface area contributed by atoms with E-state index in [1.54, 1.807) is 19.1 Å². The molecule has 180 valence electrons. The van der Waals surface area contributed by atoms with E-state index in [1.165, 1.54) is 61.0 Å². The summed E-state index contributed by atoms with van der Waals surface area (Å²) >= 11 is 0. The van der Waals surface area contributed by atoms with Gasteiger partial charge in [0.2, 0.25) is 5.82 Å². The van der Waals surface area contributed by atoms with Crippen molar-refractivity contribution in [1.29, 1.82) is 0 Å². The van der Waals surface area contributed by atoms with Crippen LogP contribution in [0.5, 0.6) is 5.75 Å². The number of tetrazole rings is 1. The number of ether oxygens (including phenoxy) is 1. The van der Waals surface area contributed by atoms with Gasteiger partial charge in [-0.2, -0.15) is 4.80 Å². The Morgan fingerprint density at radius 1 is 0.971 bits per heavy atom. The molecule has 1 N–H and O–H groups in total. The Kier molecular flexibility index (Phi) is 9.31. The molecule has 0 fully saturated rings. The van der Waals surface area contributed by atoms with E-state index in [0.29, 0.717) is 17.1 Å². The first kappa shape index (κ1) is 25.1. The number of hydrogen-bond acceptors (Lipinski definition) is 6. The maximum atomic E-state index is 12.6. The molecule has 2 aromatic carbocycles. The second-order valence-corrected chi connectivity index (χ2v) is 8.41. The molecule has 8 heteroatoms. The molecule has 8 nitrogen and oxygen atoms in total. The van der Waals surface area contributed by atoms with E-state index in [9.17, 15) is 9.59 Å². The second-order valence-electron chi connectivity index (χ2n) is 8.41. The zero-order chi connectivity index (χ0) is 24.3. The molecule has 3 aromatic rings. The summed E-state index contributed by atoms with van der Waals surface area (Å²) in [5.41, 5.74) is 2.07. The summed E-state index contributed by atoms with van der Waals surface area (Å²) in [6.45, 7) is 3.86. The van der Waals surface area contributed by atoms with Crippen LogP contribution < -0.4 is 4.74 Å². The van der Waals surface area contributed by atoms with Gasteiger partial charge in [-0.05, 0) is 54.8 Å². The molecular formula is C26H32N4O4. The molecule has 0 aliphatic heterocycles. The third kappa shape index (κ3) is 7.50. The minimum Gasteiger partial charge on any atom is -0.483 e. The fraction of sp³-hybridized carbons (Fsp3) is 0.423. The highest BCUT2D eigenvalue weighted by Gasteiger charge is 2.17. The van der Waals surface area contributed by atoms with Crippen LogP contribution >= 0.6 is 0 Å². The highest BCUT2D eigenvalue weighted by atomic mass is 16.5. The second kappa shape index (κ2) is 12.6. The lowest BCUT2D eigenvalue weighted by molar-refractivity contribution is -0.126. The van der Waals surface area contributed by atoms with Gasteiger partial charge < -0.3 is 9.84 Å². The Morgan fingerprint density at radius 2 is 1.65 bits per heavy atom. The van der Waals surface area contributed by atoms with E-state index in [-0.39, 0.29) is 17.9 Å². The summed E-state index contributed by atoms with van der Waals surface area (Å²) in [6.07, 6.45) is 8.05. The zero-order valence-electron chi connectivity index (χ0n) is 19.8. The normalized spacial score (nSPS) is 11.8. The lowest BCUT2D eigenvalue weighted by atomic mass is 10.0. The lowest BCUT2D eigenvalue weighted by Crippen LogP contribution is -2.28. The van der Waals surface area contributed by atoms with Crippen LogP contribution in [-0.4, -0.2) is 43.2 Å². The molecule has 1 atom stereocenters. The quantitative estimate of drug-likeness (QED) is 0.335. The summed E-state index contributed by atoms with van der Waals surface area (Å²) in [6, 6.07) is 14.1. The number of carbonyl (C=O) groups excluding carboxylic acids is 1. The smallest absolute Gasteiger partial charge is 0.335 e. The van der Waals surface area contributed by atoms with Crippen LogP contribution in [0.3, 0.4) is 0 Å². The number of rotatable bonds is 14. The number of Topliss-reactive ketones (excluding diaryl/α,β-unsaturated/α-hetero) is 1. The minimum absolute atomic E-state index is 0.0719. The monoisotopic (exact) mass is 464 g/mol. The van der Waals surface area contributed by atoms with Crippen molar-refractivity contribution in [2.24, 2.45) is 0 Å². The number of aryl methyl sites for hydroxylation is 1. The first-order valence-electron chi connectivity index (χ1n) is 11.9. The van der Waals surface area contributed by atoms with Crippen molar-refractivity contribution in [2.75, 3.05) is 0 Å². The lowest BCUT2D eigenvalue weighted by Gasteiger charge is -2.13. The van der Waals surface area contributed by atoms with Crippen LogP contribution in [-0.2, 0) is 17.8 Å². The van der Waals surface area contributed by atoms with Crippen molar-refractivity contribution in [3.63, 3.8) is 0 Å². The molecule has 3 rings (SSSR count). The highest BCUT2D eigenvalue weighted by Crippen LogP contribution is 2.17. The van der Waals surface area contributed by atoms with E-state index in [2.05, 4.69) is 34.5 Å². The SMILES string of the molecule is CCCCCCCCc1ccc(OC(C)C(=O)Cn2nnc(-c3ccc(C(=O)O)cc3)n2)cc1. The van der Waals surface area contributed by atoms with Crippen molar-refractivity contribution in [1.82, 2.24) is 20.2 Å². The molecule has 0 radical (unpaired) electrons. The largest absolute Gasteiger partial charge is 0.483 e. The fourth-order valence-corrected chi connectivity index (χ4v) is 3.57. The molecular weight excluding hydrogens is 432 g/mol. The predicted octanol–water partition coefficient (Wildman–Crippen LogP) is 4.98. The molecule has 0 spiro atoms. The van der Waals surface area contributed by atoms with Gasteiger partial charge in [-0.1, -0.05) is 63.3 Å². The van der Waals surface area contributed by atoms with Crippen LogP contribution in [0, 0.1) is 0 Å². The molecule has 0 amide bonds. The number of ketones is 1. The van der Waals surface area contributed by atoms with Crippen LogP contribution in [0.2, 0.25) is 0 Å². The number of carbonyl (C=O) groups is 2. The van der Waals surface area contributed by atoms with Gasteiger partial charge in [0, 0.05) is 5.56 Å². The van der Waals surface area contributed by atoms with Crippen LogP contribution in [0.25, 0.3) is 11.4 Å². The van der Waals surface area contributed by atoms with E-state index in [4.69, 9.17) is 9.84 Å². The van der Waals surface area contributed by atoms with E-state index in [1.807, 2.05) is 12.1 Å². The van der Waals surface area contributed by atoms with Gasteiger partial charge in [-0.3, -0.25) is 4.79 Å². The number of carboxylic acid groups (broad SMARTS) is 1. The molecule has 0 saturated heterocycles. The molecule has 34 heavy (non-hydrogen) atoms. The summed E-state index contributed by atoms with van der Waals surface area (Å²) in [5, 5.41) is 21.1. The van der Waals surface area contributed by atoms with Gasteiger partial charge in [-0.25, -0.2) is 4.79 Å². The Balaban J connectivity index is 1.46. The van der Waals surface area contributed by atoms with E-state index < -0.39 is 12.1 Å². The number of aromatic nitrogens is 4. The Bertz CT molecular complexity index is 1060. The molecule has 1 aromatic heterocycles. The van der Waals surface area contributed by atoms with Crippen LogP contribution in [0.1, 0.15) is 68.3 Å². The maximum absolute atomic E-state index is 12.6. The Hall–Kier alpha value is -3.55. The number of hydrogen-bond donors (Lipinski definition) is 1. The average molecular weight is 465 g/mol. The summed E-state index contributed by atoms with van der Waals surface area (Å²) in [7, 11) is 0. The van der Waals surface area contributed by atoms with Crippen LogP contribution in [0.15, 0.2) is 48.5 Å². The third-order valence-corrected chi connectivity index (χ3v) is 5.65. The fourth-order valence-electron chi connectivity index (χ4n) is 3.57. The molecule has 0 bridgehead atoms. The number of carboxylic acids is 1. The Labute approximate surface area is 200 Å². The van der Waals surface area contributed by atoms with Gasteiger partial charge in [0.1, 0.15) is 12.3 Å². The van der Waals surface area contributed by atoms with E-state index in [0.717, 1.165) is 6.42 Å². The topological polar surface area (TPSA) is 107 Å². The van der Waals surface area contributed by atoms with Crippen molar-refractivity contribution in [3.8, 4) is 17.1 Å². The minimum atomic E-state index is -1.00. The first-order chi connectivity index (χ1) is 16.5. The number of benzene rings is 2. The van der Waals surface area contributed by atoms with Gasteiger partial charge in [0.05, 0.1) is 5.56 Å². The van der Waals surface area contributed by atoms with Gasteiger partial charge >= 0.3 is 5.97 Å². The Morgan fingerprint density at radius 3 is 2.32 bits per heavy atom. The van der Waals surface area contributed by atoms with Crippen molar-refractivity contribution >= 4 is 11.8 Å². The van der Waals surface area contributed by atoms with Crippen molar-refractivity contribution in [3.05, 3.63) is 59.7 Å². The number of aromatic carboxylic acids is 1. The number of unbranched alkanes of at least 4 members (excludes halogenated alkanes) is 5. The standard InChI is InChI=1S/C26H32N4O4/c1-3-4-5-6-7-8-9-20-10-16-23(17-11-20)34-19(2)24(31)18-30-28-25(27-29-30)21-12-14-22(15-13-21)26(32)33/h10-17,19H,3-9,18H2,1-2H3,(H,32,33). The predicted molar refractivity (Wildman–Crippen MR) is 129 cm³/mol. The maximum Gasteiger partial charge on any atom is 0.335 e. The first-order valence-corrected chi connectivity index (χ1v) is 11.9. The summed E-state index contributed by atoms with van der Waals surface area (Å²) in [5.74, 6) is -0.214. The number of nitrogens with zero attached hydrogens (tertiary/aromatic N) is 4. The molecule has 0 saturated carbocycles. The molecule has 0 aliphatic rings. The van der Waals surface area contributed by atoms with Crippen molar-refractivity contribution < 1.29 is 19.4 Å². The molecule has 1 heterocycles. The molecule has 0 aliphatic carbocycles. The molecule has 1 unspecified atom stereocenters. The van der Waals surface area contributed by atoms with Crippen molar-refractivity contribution in [2.45, 2.75) is 71.4 Å². The highest BCUT2D eigenvalue weighted by molar-refractivity contribution is 5.88. The third-order valence-electron chi connectivity index (χ3n) is 5.65. The van der Waals surface area contributed by atoms with Gasteiger partial charge in [0.25, 0.3) is 0 Å².